The molecule has 0 aromatic carbocycles. The van der Waals surface area contributed by atoms with Crippen molar-refractivity contribution >= 4 is 0 Å². The summed E-state index contributed by atoms with van der Waals surface area (Å²) in [4.78, 5) is 0. The molecule has 0 heterocycles. The third-order valence-electron chi connectivity index (χ3n) is 0.529. The van der Waals surface area contributed by atoms with Gasteiger partial charge in [0.05, 0.1) is 0 Å². The third kappa shape index (κ3) is 3.61. The minimum Gasteiger partial charge on any atom is -0.396 e. The van der Waals surface area contributed by atoms with Crippen molar-refractivity contribution in [1.29, 1.82) is 0 Å². The van der Waals surface area contributed by atoms with Crippen LogP contribution in [0, 0.1) is 6.58 Å². The smallest absolute Gasteiger partial charge is 0.201 e. The average Bonchev–Trinajstić information content (AvgIpc) is 1.61. The molecule has 0 amide bonds. The molecule has 0 aliphatic carbocycles. The van der Waals surface area contributed by atoms with Crippen LogP contribution in [-0.4, -0.2) is 11.7 Å². The van der Waals surface area contributed by atoms with Crippen LogP contribution in [0.4, 0.5) is 0 Å². The molecule has 0 unspecified atom stereocenters. The topological polar surface area (TPSA) is 20.2 Å². The summed E-state index contributed by atoms with van der Waals surface area (Å²) in [5.41, 5.74) is 0. The van der Waals surface area contributed by atoms with E-state index < -0.39 is 0 Å². The Morgan fingerprint density at radius 3 is 2.50 bits per heavy atom. The van der Waals surface area contributed by atoms with E-state index in [2.05, 4.69) is 0 Å². The van der Waals surface area contributed by atoms with Crippen molar-refractivity contribution < 1.29 is 5.11 Å². The highest BCUT2D eigenvalue weighted by Gasteiger charge is 1.78. The molecular formula is C5H9O+. The molecule has 0 fully saturated rings. The lowest BCUT2D eigenvalue weighted by Crippen LogP contribution is -1.76. The van der Waals surface area contributed by atoms with Crippen molar-refractivity contribution in [2.75, 3.05) is 6.61 Å². The molecule has 1 heteroatoms. The molecule has 0 saturated carbocycles. The number of rotatable bonds is 3. The van der Waals surface area contributed by atoms with Gasteiger partial charge in [0.25, 0.3) is 0 Å². The molecule has 6 heavy (non-hydrogen) atoms. The second-order valence-corrected chi connectivity index (χ2v) is 1.10. The van der Waals surface area contributed by atoms with Crippen LogP contribution in [0.5, 0.6) is 0 Å². The van der Waals surface area contributed by atoms with Crippen LogP contribution in [0.15, 0.2) is 6.08 Å². The molecule has 0 spiro atoms. The summed E-state index contributed by atoms with van der Waals surface area (Å²) < 4.78 is 0. The van der Waals surface area contributed by atoms with E-state index in [9.17, 15) is 0 Å². The fourth-order valence-electron chi connectivity index (χ4n) is 0.209. The van der Waals surface area contributed by atoms with Crippen LogP contribution in [0.3, 0.4) is 0 Å². The van der Waals surface area contributed by atoms with Gasteiger partial charge in [0, 0.05) is 13.0 Å². The summed E-state index contributed by atoms with van der Waals surface area (Å²) in [6, 6.07) is 0. The van der Waals surface area contributed by atoms with Gasteiger partial charge in [0.2, 0.25) is 6.58 Å². The Morgan fingerprint density at radius 1 is 1.67 bits per heavy atom. The molecular weight excluding hydrogens is 76.1 g/mol. The quantitative estimate of drug-likeness (QED) is 0.396. The van der Waals surface area contributed by atoms with E-state index in [1.807, 2.05) is 0 Å². The fourth-order valence-corrected chi connectivity index (χ4v) is 0.209. The molecule has 0 radical (unpaired) electrons. The molecule has 0 aliphatic rings. The van der Waals surface area contributed by atoms with Gasteiger partial charge in [-0.15, -0.1) is 0 Å². The second kappa shape index (κ2) is 4.61. The van der Waals surface area contributed by atoms with Crippen molar-refractivity contribution in [3.05, 3.63) is 12.7 Å². The van der Waals surface area contributed by atoms with E-state index in [0.29, 0.717) is 0 Å². The first-order chi connectivity index (χ1) is 2.91. The maximum Gasteiger partial charge on any atom is 0.201 e. The standard InChI is InChI=1S/C5H9O/c1-2-3-4-5-6/h1-2,6H,3-5H2/q+1. The summed E-state index contributed by atoms with van der Waals surface area (Å²) in [7, 11) is 0. The summed E-state index contributed by atoms with van der Waals surface area (Å²) in [6.07, 6.45) is 3.16. The van der Waals surface area contributed by atoms with Gasteiger partial charge in [0.1, 0.15) is 0 Å². The van der Waals surface area contributed by atoms with Crippen molar-refractivity contribution in [3.8, 4) is 0 Å². The Hall–Kier alpha value is -0.390. The molecule has 0 atom stereocenters. The first-order valence-electron chi connectivity index (χ1n) is 2.06. The van der Waals surface area contributed by atoms with Gasteiger partial charge in [0.15, 0.2) is 6.08 Å². The lowest BCUT2D eigenvalue weighted by molar-refractivity contribution is 0.289. The second-order valence-electron chi connectivity index (χ2n) is 1.10. The first kappa shape index (κ1) is 5.61. The van der Waals surface area contributed by atoms with Crippen LogP contribution in [0.25, 0.3) is 0 Å². The van der Waals surface area contributed by atoms with E-state index in [1.54, 1.807) is 6.08 Å². The zero-order valence-electron chi connectivity index (χ0n) is 3.72. The van der Waals surface area contributed by atoms with Crippen LogP contribution in [0.1, 0.15) is 12.8 Å². The predicted octanol–water partition coefficient (Wildman–Crippen LogP) is 0.748. The zero-order valence-corrected chi connectivity index (χ0v) is 3.72. The average molecular weight is 85.1 g/mol. The van der Waals surface area contributed by atoms with Crippen LogP contribution in [0.2, 0.25) is 0 Å². The molecule has 0 rings (SSSR count). The normalized spacial score (nSPS) is 8.00. The van der Waals surface area contributed by atoms with Crippen LogP contribution < -0.4 is 0 Å². The lowest BCUT2D eigenvalue weighted by atomic mass is 10.3. The van der Waals surface area contributed by atoms with Crippen molar-refractivity contribution in [2.45, 2.75) is 12.8 Å². The maximum absolute atomic E-state index is 8.12. The predicted molar refractivity (Wildman–Crippen MR) is 25.2 cm³/mol. The van der Waals surface area contributed by atoms with Gasteiger partial charge in [-0.1, -0.05) is 0 Å². The van der Waals surface area contributed by atoms with Gasteiger partial charge in [-0.3, -0.25) is 0 Å². The van der Waals surface area contributed by atoms with Gasteiger partial charge in [-0.2, -0.15) is 0 Å². The molecule has 34 valence electrons. The summed E-state index contributed by atoms with van der Waals surface area (Å²) in [5, 5.41) is 8.12. The number of aliphatic hydroxyl groups excluding tert-OH is 1. The van der Waals surface area contributed by atoms with E-state index >= 15 is 0 Å². The van der Waals surface area contributed by atoms with Crippen LogP contribution in [-0.2, 0) is 0 Å². The lowest BCUT2D eigenvalue weighted by Gasteiger charge is -1.77. The third-order valence-corrected chi connectivity index (χ3v) is 0.529. The number of unbranched alkanes of at least 4 members (excludes halogenated alkanes) is 1. The van der Waals surface area contributed by atoms with E-state index in [1.165, 1.54) is 0 Å². The van der Waals surface area contributed by atoms with E-state index in [-0.39, 0.29) is 6.61 Å². The molecule has 0 bridgehead atoms. The molecule has 0 aromatic heterocycles. The summed E-state index contributed by atoms with van der Waals surface area (Å²) in [6.45, 7) is 5.22. The minimum atomic E-state index is 0.244. The molecule has 0 aliphatic heterocycles. The van der Waals surface area contributed by atoms with Gasteiger partial charge in [-0.25, -0.2) is 0 Å². The summed E-state index contributed by atoms with van der Waals surface area (Å²) >= 11 is 0. The Bertz CT molecular complexity index is 32.9. The largest absolute Gasteiger partial charge is 0.396 e. The minimum absolute atomic E-state index is 0.244. The highest BCUT2D eigenvalue weighted by Crippen LogP contribution is 1.83. The van der Waals surface area contributed by atoms with Crippen LogP contribution >= 0.6 is 0 Å². The Balaban J connectivity index is 2.49. The Kier molecular flexibility index (Phi) is 4.31. The number of allylic oxidation sites excluding steroid dienone is 1. The van der Waals surface area contributed by atoms with E-state index in [0.717, 1.165) is 12.8 Å². The van der Waals surface area contributed by atoms with E-state index in [4.69, 9.17) is 11.7 Å². The van der Waals surface area contributed by atoms with Crippen molar-refractivity contribution in [3.63, 3.8) is 0 Å². The maximum atomic E-state index is 8.12. The zero-order chi connectivity index (χ0) is 4.83. The van der Waals surface area contributed by atoms with Gasteiger partial charge in [-0.05, 0) is 6.42 Å². The van der Waals surface area contributed by atoms with Gasteiger partial charge < -0.3 is 5.11 Å². The van der Waals surface area contributed by atoms with Gasteiger partial charge >= 0.3 is 0 Å². The first-order valence-corrected chi connectivity index (χ1v) is 2.06. The fraction of sp³-hybridized carbons (Fsp3) is 0.600. The summed E-state index contributed by atoms with van der Waals surface area (Å²) in [5.74, 6) is 0. The SMILES string of the molecule is [CH+]=CCCCO. The molecule has 1 N–H and O–H groups in total. The highest BCUT2D eigenvalue weighted by atomic mass is 16.2. The van der Waals surface area contributed by atoms with Crippen molar-refractivity contribution in [2.24, 2.45) is 0 Å². The molecule has 0 saturated heterocycles. The molecule has 0 aromatic rings. The Morgan fingerprint density at radius 2 is 2.33 bits per heavy atom. The number of aliphatic hydroxyl groups is 1. The Labute approximate surface area is 38.3 Å². The number of hydrogen-bond acceptors (Lipinski definition) is 1. The highest BCUT2D eigenvalue weighted by molar-refractivity contribution is 4.60. The van der Waals surface area contributed by atoms with Crippen molar-refractivity contribution in [1.82, 2.24) is 0 Å². The molecule has 1 nitrogen and oxygen atoms in total. The number of hydrogen-bond donors (Lipinski definition) is 1. The monoisotopic (exact) mass is 85.1 g/mol.